The van der Waals surface area contributed by atoms with E-state index in [9.17, 15) is 9.59 Å². The molecule has 8 heteroatoms. The van der Waals surface area contributed by atoms with Crippen LogP contribution < -0.4 is 10.1 Å². The van der Waals surface area contributed by atoms with Crippen LogP contribution in [0.3, 0.4) is 0 Å². The molecule has 2 unspecified atom stereocenters. The molecule has 0 saturated heterocycles. The Bertz CT molecular complexity index is 893. The summed E-state index contributed by atoms with van der Waals surface area (Å²) in [5, 5.41) is 4.15. The van der Waals surface area contributed by atoms with Gasteiger partial charge in [-0.2, -0.15) is 0 Å². The third-order valence-electron chi connectivity index (χ3n) is 4.90. The van der Waals surface area contributed by atoms with Crippen LogP contribution in [0, 0.1) is 0 Å². The SMILES string of the molecule is CCC(C)NC(=O)C(CC)N(Cc1ccc(Cl)cc1)C(=O)COc1ccc(Cl)cc1Br. The molecule has 0 aliphatic heterocycles. The van der Waals surface area contributed by atoms with Crippen molar-refractivity contribution in [2.45, 2.75) is 52.2 Å². The summed E-state index contributed by atoms with van der Waals surface area (Å²) in [6, 6.07) is 11.7. The lowest BCUT2D eigenvalue weighted by Crippen LogP contribution is -2.51. The zero-order valence-corrected chi connectivity index (χ0v) is 20.9. The van der Waals surface area contributed by atoms with Gasteiger partial charge in [-0.25, -0.2) is 0 Å². The molecule has 5 nitrogen and oxygen atoms in total. The number of carbonyl (C=O) groups excluding carboxylic acids is 2. The molecule has 0 heterocycles. The second-order valence-electron chi connectivity index (χ2n) is 7.25. The summed E-state index contributed by atoms with van der Waals surface area (Å²) in [5.41, 5.74) is 0.875. The first-order valence-electron chi connectivity index (χ1n) is 10.2. The lowest BCUT2D eigenvalue weighted by molar-refractivity contribution is -0.143. The van der Waals surface area contributed by atoms with Gasteiger partial charge in [-0.05, 0) is 71.6 Å². The van der Waals surface area contributed by atoms with Crippen molar-refractivity contribution in [3.8, 4) is 5.75 Å². The van der Waals surface area contributed by atoms with Crippen LogP contribution >= 0.6 is 39.1 Å². The van der Waals surface area contributed by atoms with E-state index in [1.165, 1.54) is 0 Å². The Morgan fingerprint density at radius 2 is 1.71 bits per heavy atom. The molecule has 2 rings (SSSR count). The minimum absolute atomic E-state index is 0.0234. The van der Waals surface area contributed by atoms with Crippen LogP contribution in [-0.2, 0) is 16.1 Å². The molecule has 0 fully saturated rings. The van der Waals surface area contributed by atoms with Crippen molar-refractivity contribution in [2.24, 2.45) is 0 Å². The predicted molar refractivity (Wildman–Crippen MR) is 129 cm³/mol. The molecule has 31 heavy (non-hydrogen) atoms. The van der Waals surface area contributed by atoms with Gasteiger partial charge >= 0.3 is 0 Å². The zero-order chi connectivity index (χ0) is 23.0. The van der Waals surface area contributed by atoms with E-state index >= 15 is 0 Å². The zero-order valence-electron chi connectivity index (χ0n) is 17.8. The Kier molecular flexibility index (Phi) is 10.1. The van der Waals surface area contributed by atoms with E-state index < -0.39 is 6.04 Å². The number of carbonyl (C=O) groups is 2. The summed E-state index contributed by atoms with van der Waals surface area (Å²) >= 11 is 15.3. The fourth-order valence-electron chi connectivity index (χ4n) is 2.96. The largest absolute Gasteiger partial charge is 0.483 e. The number of nitrogens with one attached hydrogen (secondary N) is 1. The predicted octanol–water partition coefficient (Wildman–Crippen LogP) is 5.86. The molecule has 168 valence electrons. The number of halogens is 3. The number of ether oxygens (including phenoxy) is 1. The van der Waals surface area contributed by atoms with Gasteiger partial charge < -0.3 is 15.0 Å². The Morgan fingerprint density at radius 1 is 1.06 bits per heavy atom. The van der Waals surface area contributed by atoms with Crippen LogP contribution in [0.25, 0.3) is 0 Å². The highest BCUT2D eigenvalue weighted by molar-refractivity contribution is 9.10. The lowest BCUT2D eigenvalue weighted by atomic mass is 10.1. The van der Waals surface area contributed by atoms with Crippen LogP contribution in [-0.4, -0.2) is 35.4 Å². The fourth-order valence-corrected chi connectivity index (χ4v) is 3.88. The molecule has 0 spiro atoms. The number of rotatable bonds is 10. The Balaban J connectivity index is 2.22. The number of amides is 2. The summed E-state index contributed by atoms with van der Waals surface area (Å²) in [5.74, 6) is 0.0380. The first kappa shape index (κ1) is 25.5. The second-order valence-corrected chi connectivity index (χ2v) is 8.98. The molecule has 0 aliphatic carbocycles. The van der Waals surface area contributed by atoms with Crippen molar-refractivity contribution in [1.29, 1.82) is 0 Å². The summed E-state index contributed by atoms with van der Waals surface area (Å²) in [4.78, 5) is 27.7. The topological polar surface area (TPSA) is 58.6 Å². The van der Waals surface area contributed by atoms with Crippen LogP contribution in [0.5, 0.6) is 5.75 Å². The number of hydrogen-bond acceptors (Lipinski definition) is 3. The maximum absolute atomic E-state index is 13.2. The van der Waals surface area contributed by atoms with Crippen LogP contribution in [0.2, 0.25) is 10.0 Å². The Hall–Kier alpha value is -1.76. The Labute approximate surface area is 202 Å². The summed E-state index contributed by atoms with van der Waals surface area (Å²) < 4.78 is 6.37. The van der Waals surface area contributed by atoms with Crippen molar-refractivity contribution in [1.82, 2.24) is 10.2 Å². The third-order valence-corrected chi connectivity index (χ3v) is 6.00. The van der Waals surface area contributed by atoms with E-state index in [-0.39, 0.29) is 31.0 Å². The molecule has 0 radical (unpaired) electrons. The van der Waals surface area contributed by atoms with Crippen LogP contribution in [0.15, 0.2) is 46.9 Å². The summed E-state index contributed by atoms with van der Waals surface area (Å²) in [7, 11) is 0. The second kappa shape index (κ2) is 12.3. The third kappa shape index (κ3) is 7.70. The Morgan fingerprint density at radius 3 is 2.29 bits per heavy atom. The van der Waals surface area contributed by atoms with Crippen molar-refractivity contribution < 1.29 is 14.3 Å². The van der Waals surface area contributed by atoms with E-state index in [2.05, 4.69) is 21.2 Å². The van der Waals surface area contributed by atoms with Gasteiger partial charge in [-0.1, -0.05) is 49.2 Å². The molecule has 0 bridgehead atoms. The van der Waals surface area contributed by atoms with Gasteiger partial charge in [0.25, 0.3) is 5.91 Å². The first-order valence-corrected chi connectivity index (χ1v) is 11.7. The maximum atomic E-state index is 13.2. The number of benzene rings is 2. The van der Waals surface area contributed by atoms with Crippen molar-refractivity contribution in [3.63, 3.8) is 0 Å². The van der Waals surface area contributed by atoms with Gasteiger partial charge in [-0.3, -0.25) is 9.59 Å². The van der Waals surface area contributed by atoms with Crippen molar-refractivity contribution in [3.05, 3.63) is 62.5 Å². The van der Waals surface area contributed by atoms with Gasteiger partial charge in [0.1, 0.15) is 11.8 Å². The van der Waals surface area contributed by atoms with Gasteiger partial charge in [0.05, 0.1) is 4.47 Å². The van der Waals surface area contributed by atoms with Gasteiger partial charge in [0, 0.05) is 22.6 Å². The molecule has 2 amide bonds. The van der Waals surface area contributed by atoms with Gasteiger partial charge in [0.15, 0.2) is 6.61 Å². The highest BCUT2D eigenvalue weighted by Crippen LogP contribution is 2.28. The molecular formula is C23H27BrCl2N2O3. The van der Waals surface area contributed by atoms with E-state index in [1.807, 2.05) is 32.9 Å². The van der Waals surface area contributed by atoms with Crippen LogP contribution in [0.4, 0.5) is 0 Å². The molecule has 2 atom stereocenters. The smallest absolute Gasteiger partial charge is 0.261 e. The highest BCUT2D eigenvalue weighted by Gasteiger charge is 2.29. The van der Waals surface area contributed by atoms with Crippen molar-refractivity contribution in [2.75, 3.05) is 6.61 Å². The monoisotopic (exact) mass is 528 g/mol. The maximum Gasteiger partial charge on any atom is 0.261 e. The van der Waals surface area contributed by atoms with E-state index in [0.717, 1.165) is 12.0 Å². The molecule has 2 aromatic carbocycles. The molecule has 0 saturated carbocycles. The standard InChI is InChI=1S/C23H27BrCl2N2O3/c1-4-15(3)27-23(30)20(5-2)28(13-16-6-8-17(25)9-7-16)22(29)14-31-21-11-10-18(26)12-19(21)24/h6-12,15,20H,4-5,13-14H2,1-3H3,(H,27,30). The van der Waals surface area contributed by atoms with E-state index in [0.29, 0.717) is 26.7 Å². The average molecular weight is 530 g/mol. The summed E-state index contributed by atoms with van der Waals surface area (Å²) in [6.07, 6.45) is 1.28. The molecule has 0 aromatic heterocycles. The van der Waals surface area contributed by atoms with Gasteiger partial charge in [-0.15, -0.1) is 0 Å². The molecule has 1 N–H and O–H groups in total. The molecule has 0 aliphatic rings. The van der Waals surface area contributed by atoms with E-state index in [4.69, 9.17) is 27.9 Å². The first-order chi connectivity index (χ1) is 14.7. The fraction of sp³-hybridized carbons (Fsp3) is 0.391. The van der Waals surface area contributed by atoms with Crippen molar-refractivity contribution >= 4 is 50.9 Å². The minimum atomic E-state index is -0.616. The highest BCUT2D eigenvalue weighted by atomic mass is 79.9. The van der Waals surface area contributed by atoms with Gasteiger partial charge in [0.2, 0.25) is 5.91 Å². The molecular weight excluding hydrogens is 503 g/mol. The van der Waals surface area contributed by atoms with Crippen LogP contribution in [0.1, 0.15) is 39.2 Å². The normalized spacial score (nSPS) is 12.7. The minimum Gasteiger partial charge on any atom is -0.483 e. The quantitative estimate of drug-likeness (QED) is 0.419. The number of nitrogens with zero attached hydrogens (tertiary/aromatic N) is 1. The average Bonchev–Trinajstić information content (AvgIpc) is 2.74. The molecule has 2 aromatic rings. The lowest BCUT2D eigenvalue weighted by Gasteiger charge is -2.31. The number of hydrogen-bond donors (Lipinski definition) is 1. The van der Waals surface area contributed by atoms with E-state index in [1.54, 1.807) is 35.2 Å². The summed E-state index contributed by atoms with van der Waals surface area (Å²) in [6.45, 7) is 5.89.